The Labute approximate surface area is 377 Å². The van der Waals surface area contributed by atoms with E-state index in [0.717, 1.165) is 37.7 Å². The molecule has 0 aromatic rings. The molecule has 7 rings (SSSR count). The Bertz CT molecular complexity index is 1630. The van der Waals surface area contributed by atoms with Gasteiger partial charge in [-0.2, -0.15) is 0 Å². The lowest BCUT2D eigenvalue weighted by Crippen LogP contribution is -2.67. The van der Waals surface area contributed by atoms with Crippen molar-refractivity contribution in [3.8, 4) is 0 Å². The Hall–Kier alpha value is -0.940. The normalized spacial score (nSPS) is 52.5. The average Bonchev–Trinajstić information content (AvgIpc) is 3.62. The number of rotatable bonds is 12. The number of allylic oxidation sites excluding steroid dienone is 2. The highest BCUT2D eigenvalue weighted by Crippen LogP contribution is 2.76. The zero-order chi connectivity index (χ0) is 47.1. The van der Waals surface area contributed by atoms with Crippen LogP contribution in [-0.2, 0) is 28.4 Å². The Morgan fingerprint density at radius 2 is 1.28 bits per heavy atom. The molecule has 3 heterocycles. The lowest BCUT2D eigenvalue weighted by atomic mass is 9.35. The Morgan fingerprint density at radius 1 is 0.672 bits per heavy atom. The van der Waals surface area contributed by atoms with Crippen LogP contribution in [0.25, 0.3) is 0 Å². The number of hydrogen-bond acceptors (Lipinski definition) is 17. The van der Waals surface area contributed by atoms with Gasteiger partial charge in [-0.3, -0.25) is 0 Å². The summed E-state index contributed by atoms with van der Waals surface area (Å²) < 4.78 is 36.5. The summed E-state index contributed by atoms with van der Waals surface area (Å²) in [7, 11) is 0. The van der Waals surface area contributed by atoms with Gasteiger partial charge in [0.25, 0.3) is 0 Å². The lowest BCUT2D eigenvalue weighted by Gasteiger charge is -2.71. The molecule has 17 nitrogen and oxygen atoms in total. The van der Waals surface area contributed by atoms with Gasteiger partial charge in [0.05, 0.1) is 37.6 Å². The summed E-state index contributed by atoms with van der Waals surface area (Å²) in [5, 5.41) is 118. The predicted molar refractivity (Wildman–Crippen MR) is 228 cm³/mol. The predicted octanol–water partition coefficient (Wildman–Crippen LogP) is 0.612. The minimum absolute atomic E-state index is 0.149. The van der Waals surface area contributed by atoms with Crippen molar-refractivity contribution in [3.05, 3.63) is 11.6 Å². The molecule has 7 aliphatic rings. The molecule has 0 bridgehead atoms. The molecule has 11 N–H and O–H groups in total. The second-order valence-electron chi connectivity index (χ2n) is 22.5. The first-order chi connectivity index (χ1) is 29.9. The molecule has 7 fully saturated rings. The van der Waals surface area contributed by atoms with E-state index >= 15 is 0 Å². The third kappa shape index (κ3) is 8.60. The standard InChI is InChI=1S/C47H80O17/c1-22(2)10-9-14-47(8,64-42-39(58)36(55)34(53)27(62-42)21-60-40-37(56)32(51)25(50)20-59-40)23-11-16-46(7)31(23)24(49)18-29-44(5)15-13-30(43(3,4)28(44)12-17-45(29,46)6)63-41-38(57)35(54)33(52)26(19-48)61-41/h10,23-42,48-58H,9,11-21H2,1-8H3/t23?,24?,25-,26-,27-,28?,29?,30?,31?,32+,33-,34-,35+,36+,37-,38-,39-,40-,41+,42+,44?,45?,46?,47?/m1/s1. The molecule has 24 atom stereocenters. The third-order valence-electron chi connectivity index (χ3n) is 18.4. The van der Waals surface area contributed by atoms with E-state index in [2.05, 4.69) is 40.7 Å². The van der Waals surface area contributed by atoms with E-state index in [9.17, 15) is 56.2 Å². The molecule has 3 saturated heterocycles. The van der Waals surface area contributed by atoms with Crippen molar-refractivity contribution in [2.75, 3.05) is 19.8 Å². The zero-order valence-electron chi connectivity index (χ0n) is 39.0. The van der Waals surface area contributed by atoms with E-state index in [1.807, 2.05) is 20.8 Å². The second kappa shape index (κ2) is 18.8. The van der Waals surface area contributed by atoms with E-state index in [1.54, 1.807) is 0 Å². The molecule has 0 aromatic carbocycles. The fourth-order valence-electron chi connectivity index (χ4n) is 14.5. The van der Waals surface area contributed by atoms with Crippen LogP contribution in [0.2, 0.25) is 0 Å². The number of fused-ring (bicyclic) bond motifs is 5. The molecule has 0 radical (unpaired) electrons. The van der Waals surface area contributed by atoms with Crippen molar-refractivity contribution in [2.24, 2.45) is 45.3 Å². The first-order valence-electron chi connectivity index (χ1n) is 23.8. The Morgan fingerprint density at radius 3 is 1.94 bits per heavy atom. The van der Waals surface area contributed by atoms with Crippen LogP contribution in [0.5, 0.6) is 0 Å². The van der Waals surface area contributed by atoms with E-state index in [4.69, 9.17) is 28.4 Å². The summed E-state index contributed by atoms with van der Waals surface area (Å²) in [5.74, 6) is -0.0478. The quantitative estimate of drug-likeness (QED) is 0.0946. The van der Waals surface area contributed by atoms with E-state index in [0.29, 0.717) is 25.7 Å². The first kappa shape index (κ1) is 50.9. The van der Waals surface area contributed by atoms with Crippen LogP contribution < -0.4 is 0 Å². The molecular weight excluding hydrogens is 836 g/mol. The summed E-state index contributed by atoms with van der Waals surface area (Å²) in [6, 6.07) is 0. The van der Waals surface area contributed by atoms with Crippen LogP contribution in [0.3, 0.4) is 0 Å². The molecule has 4 saturated carbocycles. The maximum atomic E-state index is 12.7. The molecule has 3 aliphatic heterocycles. The second-order valence-corrected chi connectivity index (χ2v) is 22.5. The van der Waals surface area contributed by atoms with Gasteiger partial charge in [-0.05, 0) is 124 Å². The van der Waals surface area contributed by atoms with Crippen LogP contribution in [0, 0.1) is 45.3 Å². The van der Waals surface area contributed by atoms with Gasteiger partial charge in [0.15, 0.2) is 18.9 Å². The maximum absolute atomic E-state index is 12.7. The Kier molecular flexibility index (Phi) is 14.9. The van der Waals surface area contributed by atoms with Crippen LogP contribution in [-0.4, -0.2) is 180 Å². The molecule has 64 heavy (non-hydrogen) atoms. The number of ether oxygens (including phenoxy) is 6. The lowest BCUT2D eigenvalue weighted by molar-refractivity contribution is -0.346. The SMILES string of the molecule is CC(C)=CCCC(C)(O[C@@H]1O[C@H](CO[C@H]2OC[C@@H](O)[C@H](O)[C@H]2O)[C@@H](O)[C@H](O)[C@H]1O)C1CCC2(C)C1C(O)CC1C3(C)CCC(O[C@@H]4O[C@H](CO)[C@@H](O)[C@H](O)[C@H]4O)C(C)(C)C3CCC12C. The van der Waals surface area contributed by atoms with E-state index in [-0.39, 0.29) is 52.6 Å². The number of hydrogen-bond donors (Lipinski definition) is 11. The zero-order valence-corrected chi connectivity index (χ0v) is 39.0. The monoisotopic (exact) mass is 917 g/mol. The van der Waals surface area contributed by atoms with E-state index in [1.165, 1.54) is 0 Å². The molecule has 4 aliphatic carbocycles. The van der Waals surface area contributed by atoms with Crippen molar-refractivity contribution in [2.45, 2.75) is 217 Å². The van der Waals surface area contributed by atoms with Gasteiger partial charge in [0.2, 0.25) is 0 Å². The number of aliphatic hydroxyl groups is 11. The minimum Gasteiger partial charge on any atom is -0.394 e. The van der Waals surface area contributed by atoms with Crippen molar-refractivity contribution in [1.29, 1.82) is 0 Å². The average molecular weight is 917 g/mol. The van der Waals surface area contributed by atoms with Crippen LogP contribution in [0.1, 0.15) is 113 Å². The highest BCUT2D eigenvalue weighted by Gasteiger charge is 2.72. The molecular formula is C47H80O17. The molecule has 370 valence electrons. The van der Waals surface area contributed by atoms with Crippen LogP contribution >= 0.6 is 0 Å². The highest BCUT2D eigenvalue weighted by molar-refractivity contribution is 5.20. The number of aliphatic hydroxyl groups excluding tert-OH is 11. The molecule has 10 unspecified atom stereocenters. The molecule has 17 heteroatoms. The summed E-state index contributed by atoms with van der Waals surface area (Å²) in [6.45, 7) is 16.3. The summed E-state index contributed by atoms with van der Waals surface area (Å²) in [6.07, 6.45) is -12.4. The van der Waals surface area contributed by atoms with Gasteiger partial charge in [-0.25, -0.2) is 0 Å². The fourth-order valence-corrected chi connectivity index (χ4v) is 14.5. The van der Waals surface area contributed by atoms with Gasteiger partial charge in [-0.15, -0.1) is 0 Å². The van der Waals surface area contributed by atoms with Gasteiger partial charge in [-0.1, -0.05) is 46.3 Å². The maximum Gasteiger partial charge on any atom is 0.187 e. The smallest absolute Gasteiger partial charge is 0.187 e. The third-order valence-corrected chi connectivity index (χ3v) is 18.4. The Balaban J connectivity index is 1.11. The van der Waals surface area contributed by atoms with Crippen molar-refractivity contribution in [1.82, 2.24) is 0 Å². The van der Waals surface area contributed by atoms with E-state index < -0.39 is 116 Å². The van der Waals surface area contributed by atoms with Gasteiger partial charge < -0.3 is 84.6 Å². The summed E-state index contributed by atoms with van der Waals surface area (Å²) in [5.41, 5.74) is -0.948. The minimum atomic E-state index is -1.68. The van der Waals surface area contributed by atoms with Gasteiger partial charge >= 0.3 is 0 Å². The summed E-state index contributed by atoms with van der Waals surface area (Å²) in [4.78, 5) is 0. The largest absolute Gasteiger partial charge is 0.394 e. The van der Waals surface area contributed by atoms with Crippen molar-refractivity contribution < 1.29 is 84.6 Å². The van der Waals surface area contributed by atoms with Gasteiger partial charge in [0.1, 0.15) is 67.1 Å². The molecule has 0 amide bonds. The van der Waals surface area contributed by atoms with Crippen LogP contribution in [0.4, 0.5) is 0 Å². The van der Waals surface area contributed by atoms with Crippen molar-refractivity contribution in [3.63, 3.8) is 0 Å². The first-order valence-corrected chi connectivity index (χ1v) is 23.8. The van der Waals surface area contributed by atoms with Gasteiger partial charge in [0, 0.05) is 0 Å². The molecule has 0 spiro atoms. The van der Waals surface area contributed by atoms with Crippen molar-refractivity contribution >= 4 is 0 Å². The summed E-state index contributed by atoms with van der Waals surface area (Å²) >= 11 is 0. The topological polar surface area (TPSA) is 278 Å². The molecule has 0 aromatic heterocycles. The highest BCUT2D eigenvalue weighted by atomic mass is 16.7. The fraction of sp³-hybridized carbons (Fsp3) is 0.957. The van der Waals surface area contributed by atoms with Crippen LogP contribution in [0.15, 0.2) is 11.6 Å².